The lowest BCUT2D eigenvalue weighted by Crippen LogP contribution is -2.41. The quantitative estimate of drug-likeness (QED) is 0.151. The zero-order chi connectivity index (χ0) is 27.6. The third-order valence-corrected chi connectivity index (χ3v) is 5.49. The molecule has 1 atom stereocenters. The maximum atomic E-state index is 13.3. The molecule has 0 aliphatic carbocycles. The molecule has 4 nitrogen and oxygen atoms in total. The van der Waals surface area contributed by atoms with Gasteiger partial charge in [-0.25, -0.2) is 0 Å². The van der Waals surface area contributed by atoms with Crippen molar-refractivity contribution in [1.82, 2.24) is 0 Å². The summed E-state index contributed by atoms with van der Waals surface area (Å²) >= 11 is 0. The lowest BCUT2D eigenvalue weighted by atomic mass is 10.1. The van der Waals surface area contributed by atoms with Gasteiger partial charge in [-0.1, -0.05) is 44.0 Å². The van der Waals surface area contributed by atoms with Crippen LogP contribution in [0.2, 0.25) is 0 Å². The van der Waals surface area contributed by atoms with Gasteiger partial charge in [0.15, 0.2) is 6.10 Å². The van der Waals surface area contributed by atoms with Crippen molar-refractivity contribution in [3.8, 4) is 5.75 Å². The molecule has 1 unspecified atom stereocenters. The molecule has 37 heavy (non-hydrogen) atoms. The molecule has 206 valence electrons. The van der Waals surface area contributed by atoms with E-state index >= 15 is 0 Å². The average Bonchev–Trinajstić information content (AvgIpc) is 2.82. The van der Waals surface area contributed by atoms with Crippen molar-refractivity contribution in [3.63, 3.8) is 0 Å². The third kappa shape index (κ3) is 9.46. The van der Waals surface area contributed by atoms with Gasteiger partial charge >= 0.3 is 18.7 Å². The standard InChI is InChI=1S/C26H31F7N2O2/c1-3-5-6-14-34(13-4-2)20-10-8-11-21(16-20)35(18-23(36)25(29,30)31)17-19-9-7-12-22(15-19)37-26(32,33)24(27)28/h4,7-12,15-16,23-24,36H,2-3,5-6,13-14,17-18H2,1H3. The van der Waals surface area contributed by atoms with E-state index in [2.05, 4.69) is 18.2 Å². The second-order valence-electron chi connectivity index (χ2n) is 8.51. The van der Waals surface area contributed by atoms with Crippen molar-refractivity contribution in [2.45, 2.75) is 57.5 Å². The number of rotatable bonds is 15. The number of anilines is 2. The summed E-state index contributed by atoms with van der Waals surface area (Å²) < 4.78 is 95.4. The molecule has 0 aliphatic heterocycles. The van der Waals surface area contributed by atoms with E-state index in [-0.39, 0.29) is 12.1 Å². The number of nitrogens with zero attached hydrogens (tertiary/aromatic N) is 2. The summed E-state index contributed by atoms with van der Waals surface area (Å²) in [5.74, 6) is -0.569. The fourth-order valence-electron chi connectivity index (χ4n) is 3.62. The van der Waals surface area contributed by atoms with Gasteiger partial charge in [0.05, 0.1) is 6.54 Å². The molecule has 2 aromatic carbocycles. The topological polar surface area (TPSA) is 35.9 Å². The molecule has 2 rings (SSSR count). The van der Waals surface area contributed by atoms with Crippen LogP contribution >= 0.6 is 0 Å². The normalized spacial score (nSPS) is 12.9. The number of benzene rings is 2. The molecule has 0 aromatic heterocycles. The first-order valence-electron chi connectivity index (χ1n) is 11.8. The molecule has 0 saturated carbocycles. The van der Waals surface area contributed by atoms with Gasteiger partial charge in [-0.15, -0.1) is 6.58 Å². The van der Waals surface area contributed by atoms with Crippen LogP contribution in [0.5, 0.6) is 5.75 Å². The van der Waals surface area contributed by atoms with E-state index in [1.54, 1.807) is 30.3 Å². The van der Waals surface area contributed by atoms with E-state index in [4.69, 9.17) is 0 Å². The highest BCUT2D eigenvalue weighted by atomic mass is 19.4. The number of aliphatic hydroxyl groups is 1. The SMILES string of the molecule is C=CCN(CCCCC)c1cccc(N(Cc2cccc(OC(F)(F)C(F)F)c2)CC(O)C(F)(F)F)c1. The minimum absolute atomic E-state index is 0.216. The Labute approximate surface area is 211 Å². The number of halogens is 7. The van der Waals surface area contributed by atoms with E-state index in [1.165, 1.54) is 17.0 Å². The minimum atomic E-state index is -4.89. The first-order chi connectivity index (χ1) is 17.4. The number of hydrogen-bond acceptors (Lipinski definition) is 4. The van der Waals surface area contributed by atoms with E-state index in [1.807, 2.05) is 4.90 Å². The van der Waals surface area contributed by atoms with Gasteiger partial charge < -0.3 is 19.6 Å². The molecular formula is C26H31F7N2O2. The maximum Gasteiger partial charge on any atom is 0.461 e. The van der Waals surface area contributed by atoms with Crippen LogP contribution in [0.3, 0.4) is 0 Å². The number of hydrogen-bond donors (Lipinski definition) is 1. The van der Waals surface area contributed by atoms with Crippen molar-refractivity contribution < 1.29 is 40.6 Å². The molecule has 0 heterocycles. The van der Waals surface area contributed by atoms with Crippen LogP contribution in [0.25, 0.3) is 0 Å². The molecule has 0 bridgehead atoms. The van der Waals surface area contributed by atoms with E-state index in [0.717, 1.165) is 37.1 Å². The van der Waals surface area contributed by atoms with Crippen molar-refractivity contribution in [2.75, 3.05) is 29.4 Å². The number of ether oxygens (including phenoxy) is 1. The van der Waals surface area contributed by atoms with E-state index in [9.17, 15) is 35.8 Å². The molecular weight excluding hydrogens is 505 g/mol. The lowest BCUT2D eigenvalue weighted by Gasteiger charge is -2.30. The van der Waals surface area contributed by atoms with Gasteiger partial charge in [0.2, 0.25) is 0 Å². The van der Waals surface area contributed by atoms with Crippen LogP contribution in [0.1, 0.15) is 31.7 Å². The zero-order valence-corrected chi connectivity index (χ0v) is 20.4. The summed E-state index contributed by atoms with van der Waals surface area (Å²) in [6.07, 6.45) is -11.7. The Hall–Kier alpha value is -2.95. The maximum absolute atomic E-state index is 13.3. The van der Waals surface area contributed by atoms with Crippen molar-refractivity contribution >= 4 is 11.4 Å². The highest BCUT2D eigenvalue weighted by Gasteiger charge is 2.44. The third-order valence-electron chi connectivity index (χ3n) is 5.49. The van der Waals surface area contributed by atoms with Crippen LogP contribution in [0.4, 0.5) is 42.1 Å². The monoisotopic (exact) mass is 536 g/mol. The highest BCUT2D eigenvalue weighted by Crippen LogP contribution is 2.30. The molecule has 2 aromatic rings. The molecule has 0 fully saturated rings. The van der Waals surface area contributed by atoms with Crippen LogP contribution in [0, 0.1) is 0 Å². The van der Waals surface area contributed by atoms with Gasteiger partial charge in [-0.2, -0.15) is 30.7 Å². The highest BCUT2D eigenvalue weighted by molar-refractivity contribution is 5.60. The van der Waals surface area contributed by atoms with Gasteiger partial charge in [0.25, 0.3) is 0 Å². The molecule has 0 aliphatic rings. The van der Waals surface area contributed by atoms with Crippen LogP contribution in [-0.4, -0.2) is 49.6 Å². The number of aliphatic hydroxyl groups excluding tert-OH is 1. The Kier molecular flexibility index (Phi) is 11.1. The van der Waals surface area contributed by atoms with Crippen LogP contribution in [-0.2, 0) is 6.54 Å². The van der Waals surface area contributed by atoms with Gasteiger partial charge in [-0.3, -0.25) is 0 Å². The largest absolute Gasteiger partial charge is 0.461 e. The summed E-state index contributed by atoms with van der Waals surface area (Å²) in [7, 11) is 0. The first kappa shape index (κ1) is 30.3. The molecule has 0 amide bonds. The summed E-state index contributed by atoms with van der Waals surface area (Å²) in [6.45, 7) is 5.94. The summed E-state index contributed by atoms with van der Waals surface area (Å²) in [5, 5.41) is 9.77. The second kappa shape index (κ2) is 13.6. The Morgan fingerprint density at radius 2 is 1.62 bits per heavy atom. The molecule has 11 heteroatoms. The number of unbranched alkanes of at least 4 members (excludes halogenated alkanes) is 2. The Balaban J connectivity index is 2.37. The zero-order valence-electron chi connectivity index (χ0n) is 20.4. The first-order valence-corrected chi connectivity index (χ1v) is 11.8. The summed E-state index contributed by atoms with van der Waals surface area (Å²) in [6, 6.07) is 11.5. The van der Waals surface area contributed by atoms with Crippen LogP contribution in [0.15, 0.2) is 61.2 Å². The Bertz CT molecular complexity index is 985. The predicted molar refractivity (Wildman–Crippen MR) is 130 cm³/mol. The molecule has 0 radical (unpaired) electrons. The predicted octanol–water partition coefficient (Wildman–Crippen LogP) is 7.04. The molecule has 1 N–H and O–H groups in total. The Morgan fingerprint density at radius 3 is 2.22 bits per heavy atom. The van der Waals surface area contributed by atoms with Crippen molar-refractivity contribution in [1.29, 1.82) is 0 Å². The van der Waals surface area contributed by atoms with E-state index < -0.39 is 37.1 Å². The van der Waals surface area contributed by atoms with Gasteiger partial charge in [0, 0.05) is 31.0 Å². The smallest absolute Gasteiger partial charge is 0.428 e. The summed E-state index contributed by atoms with van der Waals surface area (Å²) in [5.41, 5.74) is 1.29. The minimum Gasteiger partial charge on any atom is -0.428 e. The fraction of sp³-hybridized carbons (Fsp3) is 0.462. The van der Waals surface area contributed by atoms with Crippen molar-refractivity contribution in [3.05, 3.63) is 66.7 Å². The number of alkyl halides is 7. The average molecular weight is 537 g/mol. The second-order valence-corrected chi connectivity index (χ2v) is 8.51. The fourth-order valence-corrected chi connectivity index (χ4v) is 3.62. The summed E-state index contributed by atoms with van der Waals surface area (Å²) in [4.78, 5) is 3.26. The van der Waals surface area contributed by atoms with Crippen molar-refractivity contribution in [2.24, 2.45) is 0 Å². The molecule has 0 spiro atoms. The van der Waals surface area contributed by atoms with Crippen LogP contribution < -0.4 is 14.5 Å². The van der Waals surface area contributed by atoms with Gasteiger partial charge in [-0.05, 0) is 42.3 Å². The van der Waals surface area contributed by atoms with Gasteiger partial charge in [0.1, 0.15) is 5.75 Å². The van der Waals surface area contributed by atoms with E-state index in [0.29, 0.717) is 18.8 Å². The lowest BCUT2D eigenvalue weighted by molar-refractivity contribution is -0.253. The Morgan fingerprint density at radius 1 is 0.973 bits per heavy atom. The molecule has 0 saturated heterocycles.